The van der Waals surface area contributed by atoms with Crippen molar-refractivity contribution >= 4 is 11.6 Å². The Bertz CT molecular complexity index is 604. The quantitative estimate of drug-likeness (QED) is 0.606. The molecule has 1 aromatic carbocycles. The number of rotatable bonds is 2. The van der Waals surface area contributed by atoms with Crippen LogP contribution in [0.4, 0.5) is 8.78 Å². The second-order valence-corrected chi connectivity index (χ2v) is 5.16. The first-order valence-corrected chi connectivity index (χ1v) is 6.31. The van der Waals surface area contributed by atoms with Crippen LogP contribution in [0.15, 0.2) is 29.8 Å². The summed E-state index contributed by atoms with van der Waals surface area (Å²) in [7, 11) is 0. The lowest BCUT2D eigenvalue weighted by atomic mass is 9.92. The molecule has 0 amide bonds. The fraction of sp³-hybridized carbons (Fsp3) is 0.333. The van der Waals surface area contributed by atoms with Crippen molar-refractivity contribution in [1.29, 1.82) is 0 Å². The molecule has 98 valence electrons. The molecule has 0 saturated heterocycles. The number of ketones is 2. The van der Waals surface area contributed by atoms with Crippen molar-refractivity contribution in [2.75, 3.05) is 0 Å². The number of Topliss-reactive ketones (excluding diaryl/α,β-unsaturated/α-hetero) is 1. The van der Waals surface area contributed by atoms with Crippen LogP contribution in [0.1, 0.15) is 29.6 Å². The zero-order chi connectivity index (χ0) is 13.6. The first kappa shape index (κ1) is 12.2. The van der Waals surface area contributed by atoms with E-state index in [1.165, 1.54) is 6.08 Å². The highest BCUT2D eigenvalue weighted by Gasteiger charge is 2.42. The average molecular weight is 262 g/mol. The van der Waals surface area contributed by atoms with E-state index in [0.29, 0.717) is 11.6 Å². The number of benzene rings is 1. The molecule has 0 aromatic heterocycles. The summed E-state index contributed by atoms with van der Waals surface area (Å²) in [6.07, 6.45) is 3.85. The summed E-state index contributed by atoms with van der Waals surface area (Å²) in [5, 5.41) is 0. The van der Waals surface area contributed by atoms with E-state index in [1.807, 2.05) is 0 Å². The van der Waals surface area contributed by atoms with Crippen LogP contribution in [0.5, 0.6) is 0 Å². The number of carbonyl (C=O) groups excluding carboxylic acids is 2. The summed E-state index contributed by atoms with van der Waals surface area (Å²) >= 11 is 0. The smallest absolute Gasteiger partial charge is 0.189 e. The third kappa shape index (κ3) is 2.01. The van der Waals surface area contributed by atoms with Gasteiger partial charge in [0.2, 0.25) is 0 Å². The van der Waals surface area contributed by atoms with Crippen molar-refractivity contribution in [3.63, 3.8) is 0 Å². The van der Waals surface area contributed by atoms with Gasteiger partial charge in [-0.15, -0.1) is 0 Å². The first-order chi connectivity index (χ1) is 9.06. The topological polar surface area (TPSA) is 34.1 Å². The Morgan fingerprint density at radius 3 is 2.58 bits per heavy atom. The van der Waals surface area contributed by atoms with Crippen molar-refractivity contribution in [3.8, 4) is 0 Å². The van der Waals surface area contributed by atoms with Crippen molar-refractivity contribution in [1.82, 2.24) is 0 Å². The molecule has 0 spiro atoms. The highest BCUT2D eigenvalue weighted by molar-refractivity contribution is 6.11. The summed E-state index contributed by atoms with van der Waals surface area (Å²) < 4.78 is 26.3. The molecule has 2 bridgehead atoms. The Morgan fingerprint density at radius 1 is 1.21 bits per heavy atom. The fourth-order valence-corrected chi connectivity index (χ4v) is 3.04. The molecule has 0 N–H and O–H groups in total. The Balaban J connectivity index is 1.91. The second kappa shape index (κ2) is 4.37. The molecule has 1 aromatic rings. The van der Waals surface area contributed by atoms with E-state index in [2.05, 4.69) is 0 Å². The largest absolute Gasteiger partial charge is 0.294 e. The van der Waals surface area contributed by atoms with Gasteiger partial charge in [-0.05, 0) is 43.4 Å². The number of halogens is 2. The van der Waals surface area contributed by atoms with Gasteiger partial charge in [0.15, 0.2) is 11.6 Å². The Kier molecular flexibility index (Phi) is 2.81. The standard InChI is InChI=1S/C15H12F2O2/c16-10-3-4-11(13(17)6-10)14(18)7-12-8-1-2-9(5-8)15(12)19/h3-4,6-9H,1-2,5H2/b12-7+. The average Bonchev–Trinajstić information content (AvgIpc) is 2.92. The van der Waals surface area contributed by atoms with Crippen LogP contribution in [0, 0.1) is 23.5 Å². The molecular weight excluding hydrogens is 250 g/mol. The highest BCUT2D eigenvalue weighted by atomic mass is 19.1. The molecule has 2 aliphatic rings. The molecule has 0 heterocycles. The lowest BCUT2D eigenvalue weighted by Crippen LogP contribution is -2.14. The molecule has 2 atom stereocenters. The Labute approximate surface area is 109 Å². The summed E-state index contributed by atoms with van der Waals surface area (Å²) in [5.41, 5.74) is 0.328. The summed E-state index contributed by atoms with van der Waals surface area (Å²) in [6.45, 7) is 0. The van der Waals surface area contributed by atoms with E-state index in [1.54, 1.807) is 0 Å². The molecular formula is C15H12F2O2. The molecule has 4 heteroatoms. The Hall–Kier alpha value is -1.84. The Morgan fingerprint density at radius 2 is 1.95 bits per heavy atom. The predicted octanol–water partition coefficient (Wildman–Crippen LogP) is 3.07. The van der Waals surface area contributed by atoms with Gasteiger partial charge in [-0.2, -0.15) is 0 Å². The van der Waals surface area contributed by atoms with Crippen LogP contribution in [0.2, 0.25) is 0 Å². The van der Waals surface area contributed by atoms with Gasteiger partial charge in [0.25, 0.3) is 0 Å². The van der Waals surface area contributed by atoms with Gasteiger partial charge in [-0.1, -0.05) is 0 Å². The minimum atomic E-state index is -0.891. The minimum Gasteiger partial charge on any atom is -0.294 e. The van der Waals surface area contributed by atoms with Crippen LogP contribution >= 0.6 is 0 Å². The van der Waals surface area contributed by atoms with Crippen LogP contribution in [-0.4, -0.2) is 11.6 Å². The SMILES string of the molecule is O=C(/C=C1/C(=O)C2CCC1C2)c1ccc(F)cc1F. The normalized spacial score (nSPS) is 27.3. The highest BCUT2D eigenvalue weighted by Crippen LogP contribution is 2.45. The zero-order valence-electron chi connectivity index (χ0n) is 10.2. The maximum absolute atomic E-state index is 13.5. The number of fused-ring (bicyclic) bond motifs is 2. The summed E-state index contributed by atoms with van der Waals surface area (Å²) in [4.78, 5) is 23.9. The molecule has 19 heavy (non-hydrogen) atoms. The molecule has 0 radical (unpaired) electrons. The van der Waals surface area contributed by atoms with Gasteiger partial charge < -0.3 is 0 Å². The van der Waals surface area contributed by atoms with Gasteiger partial charge in [-0.25, -0.2) is 8.78 Å². The minimum absolute atomic E-state index is 0.0205. The van der Waals surface area contributed by atoms with Crippen LogP contribution < -0.4 is 0 Å². The van der Waals surface area contributed by atoms with E-state index in [9.17, 15) is 18.4 Å². The monoisotopic (exact) mass is 262 g/mol. The zero-order valence-corrected chi connectivity index (χ0v) is 10.2. The molecule has 2 saturated carbocycles. The number of carbonyl (C=O) groups is 2. The van der Waals surface area contributed by atoms with Crippen LogP contribution in [-0.2, 0) is 4.79 Å². The molecule has 2 nitrogen and oxygen atoms in total. The van der Waals surface area contributed by atoms with E-state index >= 15 is 0 Å². The third-order valence-electron chi connectivity index (χ3n) is 4.01. The molecule has 2 aliphatic carbocycles. The summed E-state index contributed by atoms with van der Waals surface area (Å²) in [5.74, 6) is -1.97. The van der Waals surface area contributed by atoms with Crippen molar-refractivity contribution in [2.45, 2.75) is 19.3 Å². The maximum Gasteiger partial charge on any atom is 0.189 e. The van der Waals surface area contributed by atoms with Crippen molar-refractivity contribution in [2.24, 2.45) is 11.8 Å². The third-order valence-corrected chi connectivity index (χ3v) is 4.01. The van der Waals surface area contributed by atoms with Gasteiger partial charge in [0.1, 0.15) is 11.6 Å². The van der Waals surface area contributed by atoms with E-state index in [4.69, 9.17) is 0 Å². The van der Waals surface area contributed by atoms with Crippen LogP contribution in [0.25, 0.3) is 0 Å². The maximum atomic E-state index is 13.5. The van der Waals surface area contributed by atoms with Crippen molar-refractivity contribution in [3.05, 3.63) is 47.0 Å². The molecule has 0 aliphatic heterocycles. The number of hydrogen-bond acceptors (Lipinski definition) is 2. The first-order valence-electron chi connectivity index (χ1n) is 6.31. The fourth-order valence-electron chi connectivity index (χ4n) is 3.04. The number of hydrogen-bond donors (Lipinski definition) is 0. The van der Waals surface area contributed by atoms with E-state index in [0.717, 1.165) is 31.4 Å². The molecule has 2 unspecified atom stereocenters. The molecule has 3 rings (SSSR count). The lowest BCUT2D eigenvalue weighted by molar-refractivity contribution is -0.118. The van der Waals surface area contributed by atoms with Gasteiger partial charge in [0, 0.05) is 17.6 Å². The van der Waals surface area contributed by atoms with Gasteiger partial charge in [0.05, 0.1) is 5.56 Å². The van der Waals surface area contributed by atoms with E-state index < -0.39 is 17.4 Å². The number of allylic oxidation sites excluding steroid dienone is 2. The van der Waals surface area contributed by atoms with Gasteiger partial charge in [-0.3, -0.25) is 9.59 Å². The lowest BCUT2D eigenvalue weighted by Gasteiger charge is -2.11. The van der Waals surface area contributed by atoms with Crippen molar-refractivity contribution < 1.29 is 18.4 Å². The van der Waals surface area contributed by atoms with Gasteiger partial charge >= 0.3 is 0 Å². The summed E-state index contributed by atoms with van der Waals surface area (Å²) in [6, 6.07) is 2.83. The van der Waals surface area contributed by atoms with E-state index in [-0.39, 0.29) is 23.2 Å². The second-order valence-electron chi connectivity index (χ2n) is 5.16. The predicted molar refractivity (Wildman–Crippen MR) is 64.6 cm³/mol. The molecule has 2 fully saturated rings. The van der Waals surface area contributed by atoms with Crippen LogP contribution in [0.3, 0.4) is 0 Å².